The van der Waals surface area contributed by atoms with Gasteiger partial charge in [0, 0.05) is 5.56 Å². The summed E-state index contributed by atoms with van der Waals surface area (Å²) in [5.41, 5.74) is 3.05. The lowest BCUT2D eigenvalue weighted by molar-refractivity contribution is 0.286. The maximum absolute atomic E-state index is 5.86. The first-order valence-corrected chi connectivity index (χ1v) is 7.71. The molecule has 2 heteroatoms. The molecule has 0 saturated carbocycles. The molecular formula is C18H31NO. The second-order valence-corrected chi connectivity index (χ2v) is 6.83. The van der Waals surface area contributed by atoms with Crippen molar-refractivity contribution in [3.8, 4) is 5.75 Å². The van der Waals surface area contributed by atoms with Crippen molar-refractivity contribution in [1.82, 2.24) is 5.32 Å². The van der Waals surface area contributed by atoms with Crippen molar-refractivity contribution in [3.05, 3.63) is 29.3 Å². The van der Waals surface area contributed by atoms with Gasteiger partial charge in [-0.05, 0) is 42.3 Å². The molecule has 0 aliphatic rings. The topological polar surface area (TPSA) is 21.3 Å². The molecule has 114 valence electrons. The largest absolute Gasteiger partial charge is 0.478 e. The van der Waals surface area contributed by atoms with E-state index in [0.29, 0.717) is 6.73 Å². The van der Waals surface area contributed by atoms with Crippen LogP contribution in [0.15, 0.2) is 18.2 Å². The SMILES string of the molecule is CCC(C)(C)c1ccc(OCNC)c(C(C)(C)CC)c1. The summed E-state index contributed by atoms with van der Waals surface area (Å²) in [6.07, 6.45) is 2.23. The fourth-order valence-corrected chi connectivity index (χ4v) is 2.15. The summed E-state index contributed by atoms with van der Waals surface area (Å²) in [6.45, 7) is 14.2. The second kappa shape index (κ2) is 6.62. The van der Waals surface area contributed by atoms with Gasteiger partial charge in [0.2, 0.25) is 0 Å². The van der Waals surface area contributed by atoms with Crippen LogP contribution in [0, 0.1) is 0 Å². The molecule has 0 bridgehead atoms. The van der Waals surface area contributed by atoms with Gasteiger partial charge in [-0.2, -0.15) is 0 Å². The van der Waals surface area contributed by atoms with Gasteiger partial charge in [-0.1, -0.05) is 53.7 Å². The predicted octanol–water partition coefficient (Wildman–Crippen LogP) is 4.62. The summed E-state index contributed by atoms with van der Waals surface area (Å²) >= 11 is 0. The predicted molar refractivity (Wildman–Crippen MR) is 87.6 cm³/mol. The summed E-state index contributed by atoms with van der Waals surface area (Å²) in [7, 11) is 1.90. The van der Waals surface area contributed by atoms with E-state index in [9.17, 15) is 0 Å². The van der Waals surface area contributed by atoms with Crippen molar-refractivity contribution >= 4 is 0 Å². The van der Waals surface area contributed by atoms with E-state index in [1.165, 1.54) is 11.1 Å². The van der Waals surface area contributed by atoms with Crippen molar-refractivity contribution < 1.29 is 4.74 Å². The van der Waals surface area contributed by atoms with Gasteiger partial charge in [-0.15, -0.1) is 0 Å². The molecule has 20 heavy (non-hydrogen) atoms. The Morgan fingerprint density at radius 3 is 2.10 bits per heavy atom. The van der Waals surface area contributed by atoms with E-state index >= 15 is 0 Å². The molecule has 0 amide bonds. The first kappa shape index (κ1) is 17.0. The van der Waals surface area contributed by atoms with E-state index in [-0.39, 0.29) is 10.8 Å². The third-order valence-electron chi connectivity index (χ3n) is 4.63. The standard InChI is InChI=1S/C18H31NO/c1-8-17(3,4)14-10-11-16(20-13-19-7)15(12-14)18(5,6)9-2/h10-12,19H,8-9,13H2,1-7H3. The average molecular weight is 277 g/mol. The van der Waals surface area contributed by atoms with Crippen LogP contribution in [0.5, 0.6) is 5.75 Å². The minimum atomic E-state index is 0.128. The minimum Gasteiger partial charge on any atom is -0.478 e. The van der Waals surface area contributed by atoms with Gasteiger partial charge in [-0.3, -0.25) is 5.32 Å². The highest BCUT2D eigenvalue weighted by Crippen LogP contribution is 2.38. The molecule has 0 aliphatic carbocycles. The Morgan fingerprint density at radius 2 is 1.60 bits per heavy atom. The fraction of sp³-hybridized carbons (Fsp3) is 0.667. The van der Waals surface area contributed by atoms with Crippen LogP contribution in [-0.2, 0) is 10.8 Å². The van der Waals surface area contributed by atoms with E-state index in [4.69, 9.17) is 4.74 Å². The van der Waals surface area contributed by atoms with E-state index in [1.807, 2.05) is 7.05 Å². The Kier molecular flexibility index (Phi) is 5.64. The first-order valence-electron chi connectivity index (χ1n) is 7.71. The fourth-order valence-electron chi connectivity index (χ4n) is 2.15. The third kappa shape index (κ3) is 3.76. The highest BCUT2D eigenvalue weighted by atomic mass is 16.5. The average Bonchev–Trinajstić information content (AvgIpc) is 2.44. The molecule has 0 aromatic heterocycles. The summed E-state index contributed by atoms with van der Waals surface area (Å²) in [5, 5.41) is 3.05. The van der Waals surface area contributed by atoms with Crippen LogP contribution < -0.4 is 10.1 Å². The van der Waals surface area contributed by atoms with Crippen LogP contribution in [0.4, 0.5) is 0 Å². The normalized spacial score (nSPS) is 12.6. The molecule has 1 aromatic rings. The Bertz CT molecular complexity index is 435. The van der Waals surface area contributed by atoms with E-state index < -0.39 is 0 Å². The monoisotopic (exact) mass is 277 g/mol. The number of hydrogen-bond acceptors (Lipinski definition) is 2. The highest BCUT2D eigenvalue weighted by Gasteiger charge is 2.26. The van der Waals surface area contributed by atoms with E-state index in [2.05, 4.69) is 65.1 Å². The number of rotatable bonds is 7. The van der Waals surface area contributed by atoms with Crippen LogP contribution in [0.3, 0.4) is 0 Å². The van der Waals surface area contributed by atoms with Gasteiger partial charge in [0.05, 0.1) is 0 Å². The summed E-state index contributed by atoms with van der Waals surface area (Å²) in [6, 6.07) is 6.69. The summed E-state index contributed by atoms with van der Waals surface area (Å²) < 4.78 is 5.86. The molecule has 0 spiro atoms. The van der Waals surface area contributed by atoms with Crippen molar-refractivity contribution in [2.24, 2.45) is 0 Å². The number of ether oxygens (including phenoxy) is 1. The van der Waals surface area contributed by atoms with Crippen molar-refractivity contribution in [1.29, 1.82) is 0 Å². The molecule has 0 unspecified atom stereocenters. The van der Waals surface area contributed by atoms with Gasteiger partial charge in [0.1, 0.15) is 12.5 Å². The molecule has 0 radical (unpaired) electrons. The van der Waals surface area contributed by atoms with Gasteiger partial charge in [0.25, 0.3) is 0 Å². The molecule has 1 aromatic carbocycles. The summed E-state index contributed by atoms with van der Waals surface area (Å²) in [5.74, 6) is 1.00. The zero-order chi connectivity index (χ0) is 15.4. The third-order valence-corrected chi connectivity index (χ3v) is 4.63. The molecule has 0 atom stereocenters. The molecule has 0 aliphatic heterocycles. The van der Waals surface area contributed by atoms with Crippen LogP contribution in [0.2, 0.25) is 0 Å². The van der Waals surface area contributed by atoms with E-state index in [0.717, 1.165) is 18.6 Å². The lowest BCUT2D eigenvalue weighted by Gasteiger charge is -2.30. The quantitative estimate of drug-likeness (QED) is 0.734. The Hall–Kier alpha value is -1.02. The zero-order valence-corrected chi connectivity index (χ0v) is 14.3. The zero-order valence-electron chi connectivity index (χ0n) is 14.3. The van der Waals surface area contributed by atoms with Crippen LogP contribution >= 0.6 is 0 Å². The number of nitrogens with one attached hydrogen (secondary N) is 1. The molecule has 0 heterocycles. The van der Waals surface area contributed by atoms with Gasteiger partial charge < -0.3 is 4.74 Å². The van der Waals surface area contributed by atoms with Crippen molar-refractivity contribution in [2.45, 2.75) is 65.2 Å². The maximum Gasteiger partial charge on any atom is 0.139 e. The molecule has 1 rings (SSSR count). The molecule has 2 nitrogen and oxygen atoms in total. The Balaban J connectivity index is 3.29. The Labute approximate surface area is 124 Å². The second-order valence-electron chi connectivity index (χ2n) is 6.83. The van der Waals surface area contributed by atoms with Crippen molar-refractivity contribution in [3.63, 3.8) is 0 Å². The number of benzene rings is 1. The van der Waals surface area contributed by atoms with Gasteiger partial charge in [-0.25, -0.2) is 0 Å². The minimum absolute atomic E-state index is 0.128. The Morgan fingerprint density at radius 1 is 1.00 bits per heavy atom. The van der Waals surface area contributed by atoms with E-state index in [1.54, 1.807) is 0 Å². The lowest BCUT2D eigenvalue weighted by Crippen LogP contribution is -2.22. The van der Waals surface area contributed by atoms with Crippen LogP contribution in [-0.4, -0.2) is 13.8 Å². The van der Waals surface area contributed by atoms with Crippen LogP contribution in [0.1, 0.15) is 65.5 Å². The molecule has 1 N–H and O–H groups in total. The molecular weight excluding hydrogens is 246 g/mol. The lowest BCUT2D eigenvalue weighted by atomic mass is 9.76. The molecule has 0 saturated heterocycles. The number of hydrogen-bond donors (Lipinski definition) is 1. The summed E-state index contributed by atoms with van der Waals surface area (Å²) in [4.78, 5) is 0. The van der Waals surface area contributed by atoms with Crippen molar-refractivity contribution in [2.75, 3.05) is 13.8 Å². The van der Waals surface area contributed by atoms with Gasteiger partial charge >= 0.3 is 0 Å². The van der Waals surface area contributed by atoms with Gasteiger partial charge in [0.15, 0.2) is 0 Å². The first-order chi connectivity index (χ1) is 9.28. The molecule has 0 fully saturated rings. The maximum atomic E-state index is 5.86. The van der Waals surface area contributed by atoms with Crippen LogP contribution in [0.25, 0.3) is 0 Å². The highest BCUT2D eigenvalue weighted by molar-refractivity contribution is 5.44. The smallest absolute Gasteiger partial charge is 0.139 e.